The molecule has 0 fully saturated rings. The Morgan fingerprint density at radius 1 is 1.09 bits per heavy atom. The first-order valence-corrected chi connectivity index (χ1v) is 12.0. The highest BCUT2D eigenvalue weighted by molar-refractivity contribution is 9.10. The topological polar surface area (TPSA) is 93.8 Å². The number of hydrogen-bond acceptors (Lipinski definition) is 6. The molecule has 35 heavy (non-hydrogen) atoms. The van der Waals surface area contributed by atoms with Gasteiger partial charge in [-0.2, -0.15) is 5.10 Å². The molecule has 4 aromatic rings. The number of nitrogens with zero attached hydrogens (tertiary/aromatic N) is 2. The maximum absolute atomic E-state index is 13.1. The molecule has 0 atom stereocenters. The Hall–Kier alpha value is -3.78. The summed E-state index contributed by atoms with van der Waals surface area (Å²) in [5, 5.41) is 5.24. The number of hydrogen-bond donors (Lipinski definition) is 1. The summed E-state index contributed by atoms with van der Waals surface area (Å²) in [5.41, 5.74) is 6.75. The summed E-state index contributed by atoms with van der Waals surface area (Å²) >= 11 is 3.50. The highest BCUT2D eigenvalue weighted by atomic mass is 79.9. The van der Waals surface area contributed by atoms with Gasteiger partial charge in [-0.25, -0.2) is 10.2 Å². The molecule has 1 amide bonds. The number of esters is 1. The molecule has 1 N–H and O–H groups in total. The van der Waals surface area contributed by atoms with Gasteiger partial charge in [0.1, 0.15) is 11.3 Å². The molecule has 0 radical (unpaired) electrons. The first-order chi connectivity index (χ1) is 16.9. The third-order valence-corrected chi connectivity index (χ3v) is 6.77. The van der Waals surface area contributed by atoms with Gasteiger partial charge in [-0.1, -0.05) is 40.2 Å². The van der Waals surface area contributed by atoms with E-state index in [9.17, 15) is 9.59 Å². The fraction of sp³-hybridized carbons (Fsp3) is 0.185. The van der Waals surface area contributed by atoms with Gasteiger partial charge in [-0.3, -0.25) is 9.78 Å². The number of carbonyl (C=O) groups is 2. The van der Waals surface area contributed by atoms with Crippen LogP contribution in [0.25, 0.3) is 10.9 Å². The van der Waals surface area contributed by atoms with Gasteiger partial charge in [0.2, 0.25) is 5.76 Å². The van der Waals surface area contributed by atoms with Crippen molar-refractivity contribution in [3.05, 3.63) is 93.0 Å². The van der Waals surface area contributed by atoms with Gasteiger partial charge in [-0.15, -0.1) is 0 Å². The van der Waals surface area contributed by atoms with E-state index < -0.39 is 5.97 Å². The minimum absolute atomic E-state index is 0.127. The molecule has 2 aromatic carbocycles. The van der Waals surface area contributed by atoms with Crippen molar-refractivity contribution in [3.8, 4) is 5.75 Å². The number of aromatic nitrogens is 1. The smallest absolute Gasteiger partial charge is 0.380 e. The number of carbonyl (C=O) groups excluding carboxylic acids is 2. The fourth-order valence-electron chi connectivity index (χ4n) is 4.32. The minimum atomic E-state index is -0.602. The van der Waals surface area contributed by atoms with E-state index in [0.717, 1.165) is 27.4 Å². The lowest BCUT2D eigenvalue weighted by Gasteiger charge is -2.13. The summed E-state index contributed by atoms with van der Waals surface area (Å²) in [5.74, 6) is 0.264. The number of halogens is 1. The lowest BCUT2D eigenvalue weighted by Crippen LogP contribution is -2.22. The SMILES string of the molecule is Cc1ccccc1C(=O)N/N=C1\CCCc2oc(C(=O)Oc3ccc(Br)c4cccnc34)c(C)c21. The molecule has 7 nitrogen and oxygen atoms in total. The second kappa shape index (κ2) is 9.46. The van der Waals surface area contributed by atoms with Gasteiger partial charge >= 0.3 is 5.97 Å². The minimum Gasteiger partial charge on any atom is -0.453 e. The number of fused-ring (bicyclic) bond motifs is 2. The molecule has 2 aromatic heterocycles. The molecule has 8 heteroatoms. The summed E-state index contributed by atoms with van der Waals surface area (Å²) < 4.78 is 12.5. The van der Waals surface area contributed by atoms with Crippen LogP contribution >= 0.6 is 15.9 Å². The molecule has 0 saturated carbocycles. The molecule has 0 aliphatic heterocycles. The van der Waals surface area contributed by atoms with E-state index >= 15 is 0 Å². The second-order valence-corrected chi connectivity index (χ2v) is 9.21. The normalized spacial score (nSPS) is 14.1. The number of rotatable bonds is 4. The van der Waals surface area contributed by atoms with Gasteiger partial charge in [0.05, 0.1) is 5.71 Å². The predicted octanol–water partition coefficient (Wildman–Crippen LogP) is 5.90. The van der Waals surface area contributed by atoms with E-state index in [1.54, 1.807) is 25.3 Å². The highest BCUT2D eigenvalue weighted by Crippen LogP contribution is 2.33. The van der Waals surface area contributed by atoms with Crippen LogP contribution in [0.1, 0.15) is 56.2 Å². The molecular weight excluding hydrogens is 510 g/mol. The zero-order valence-corrected chi connectivity index (χ0v) is 20.8. The third-order valence-electron chi connectivity index (χ3n) is 6.08. The van der Waals surface area contributed by atoms with Crippen LogP contribution in [-0.2, 0) is 6.42 Å². The Labute approximate surface area is 210 Å². The van der Waals surface area contributed by atoms with Crippen molar-refractivity contribution >= 4 is 44.4 Å². The zero-order chi connectivity index (χ0) is 24.5. The predicted molar refractivity (Wildman–Crippen MR) is 136 cm³/mol. The van der Waals surface area contributed by atoms with Gasteiger partial charge in [0.15, 0.2) is 5.75 Å². The average molecular weight is 532 g/mol. The van der Waals surface area contributed by atoms with Crippen LogP contribution in [0, 0.1) is 13.8 Å². The zero-order valence-electron chi connectivity index (χ0n) is 19.2. The van der Waals surface area contributed by atoms with Crippen LogP contribution in [0.2, 0.25) is 0 Å². The summed E-state index contributed by atoms with van der Waals surface area (Å²) in [6, 6.07) is 14.6. The average Bonchev–Trinajstić information content (AvgIpc) is 3.22. The molecular formula is C27H22BrN3O4. The molecule has 2 heterocycles. The largest absolute Gasteiger partial charge is 0.453 e. The van der Waals surface area contributed by atoms with E-state index in [2.05, 4.69) is 31.4 Å². The lowest BCUT2D eigenvalue weighted by atomic mass is 9.93. The van der Waals surface area contributed by atoms with Crippen LogP contribution in [0.3, 0.4) is 0 Å². The molecule has 1 aliphatic rings. The third kappa shape index (κ3) is 4.37. The summed E-state index contributed by atoms with van der Waals surface area (Å²) in [7, 11) is 0. The Balaban J connectivity index is 1.42. The van der Waals surface area contributed by atoms with E-state index in [1.807, 2.05) is 43.3 Å². The molecule has 0 spiro atoms. The Morgan fingerprint density at radius 3 is 2.74 bits per heavy atom. The fourth-order valence-corrected chi connectivity index (χ4v) is 4.77. The van der Waals surface area contributed by atoms with Gasteiger partial charge in [-0.05, 0) is 56.5 Å². The van der Waals surface area contributed by atoms with Gasteiger partial charge < -0.3 is 9.15 Å². The quantitative estimate of drug-likeness (QED) is 0.201. The Bertz CT molecular complexity index is 1510. The van der Waals surface area contributed by atoms with Crippen molar-refractivity contribution in [2.24, 2.45) is 5.10 Å². The summed E-state index contributed by atoms with van der Waals surface area (Å²) in [6.45, 7) is 3.68. The van der Waals surface area contributed by atoms with E-state index in [4.69, 9.17) is 9.15 Å². The molecule has 0 bridgehead atoms. The number of hydrazone groups is 1. The van der Waals surface area contributed by atoms with E-state index in [-0.39, 0.29) is 11.7 Å². The number of furan rings is 1. The first kappa shape index (κ1) is 23.0. The van der Waals surface area contributed by atoms with Crippen LogP contribution in [0.4, 0.5) is 0 Å². The second-order valence-electron chi connectivity index (χ2n) is 8.36. The number of amides is 1. The van der Waals surface area contributed by atoms with Crippen molar-refractivity contribution in [2.45, 2.75) is 33.1 Å². The van der Waals surface area contributed by atoms with Crippen LogP contribution in [0.15, 0.2) is 68.7 Å². The summed E-state index contributed by atoms with van der Waals surface area (Å²) in [4.78, 5) is 30.1. The van der Waals surface area contributed by atoms with E-state index in [1.165, 1.54) is 0 Å². The van der Waals surface area contributed by atoms with Crippen LogP contribution in [-0.4, -0.2) is 22.6 Å². The Morgan fingerprint density at radius 2 is 1.91 bits per heavy atom. The molecule has 1 aliphatic carbocycles. The lowest BCUT2D eigenvalue weighted by molar-refractivity contribution is 0.0700. The van der Waals surface area contributed by atoms with Crippen LogP contribution in [0.5, 0.6) is 5.75 Å². The number of pyridine rings is 1. The Kier molecular flexibility index (Phi) is 6.21. The van der Waals surface area contributed by atoms with Crippen molar-refractivity contribution in [1.82, 2.24) is 10.4 Å². The van der Waals surface area contributed by atoms with E-state index in [0.29, 0.717) is 46.7 Å². The van der Waals surface area contributed by atoms with Crippen molar-refractivity contribution < 1.29 is 18.7 Å². The first-order valence-electron chi connectivity index (χ1n) is 11.2. The number of ether oxygens (including phenoxy) is 1. The maximum atomic E-state index is 13.1. The molecule has 5 rings (SSSR count). The van der Waals surface area contributed by atoms with Crippen molar-refractivity contribution in [1.29, 1.82) is 0 Å². The highest BCUT2D eigenvalue weighted by Gasteiger charge is 2.29. The van der Waals surface area contributed by atoms with Crippen LogP contribution < -0.4 is 10.2 Å². The maximum Gasteiger partial charge on any atom is 0.380 e. The number of nitrogens with one attached hydrogen (secondary N) is 1. The van der Waals surface area contributed by atoms with Crippen molar-refractivity contribution in [2.75, 3.05) is 0 Å². The van der Waals surface area contributed by atoms with Crippen molar-refractivity contribution in [3.63, 3.8) is 0 Å². The van der Waals surface area contributed by atoms with Gasteiger partial charge in [0.25, 0.3) is 5.91 Å². The molecule has 0 saturated heterocycles. The number of aryl methyl sites for hydroxylation is 2. The number of benzene rings is 2. The molecule has 176 valence electrons. The standard InChI is InChI=1S/C27H22BrN3O4/c1-15-7-3-4-8-17(15)26(32)31-30-20-10-5-11-21-23(20)16(2)25(34-21)27(33)35-22-13-12-19(28)18-9-6-14-29-24(18)22/h3-4,6-9,12-14H,5,10-11H2,1-2H3,(H,31,32)/b30-20+. The molecule has 0 unspecified atom stereocenters. The van der Waals surface area contributed by atoms with Gasteiger partial charge in [0, 0.05) is 39.2 Å². The summed E-state index contributed by atoms with van der Waals surface area (Å²) in [6.07, 6.45) is 3.79. The monoisotopic (exact) mass is 531 g/mol.